The molecular formula is C21H20BrFN2O2. The summed E-state index contributed by atoms with van der Waals surface area (Å²) in [4.78, 5) is 29.0. The molecule has 0 aromatic heterocycles. The Kier molecular flexibility index (Phi) is 5.00. The van der Waals surface area contributed by atoms with Crippen LogP contribution in [0.2, 0.25) is 0 Å². The minimum absolute atomic E-state index is 0.00482. The summed E-state index contributed by atoms with van der Waals surface area (Å²) < 4.78 is 14.0. The molecule has 140 valence electrons. The molecule has 1 aliphatic carbocycles. The van der Waals surface area contributed by atoms with Gasteiger partial charge in [-0.25, -0.2) is 4.39 Å². The molecule has 2 atom stereocenters. The number of piperazine rings is 1. The van der Waals surface area contributed by atoms with E-state index in [1.807, 2.05) is 17.0 Å². The van der Waals surface area contributed by atoms with Crippen LogP contribution in [0.3, 0.4) is 0 Å². The van der Waals surface area contributed by atoms with Crippen molar-refractivity contribution in [2.45, 2.75) is 12.3 Å². The van der Waals surface area contributed by atoms with Gasteiger partial charge in [-0.05, 0) is 54.3 Å². The van der Waals surface area contributed by atoms with Crippen LogP contribution >= 0.6 is 15.9 Å². The zero-order valence-corrected chi connectivity index (χ0v) is 16.4. The first kappa shape index (κ1) is 18.2. The van der Waals surface area contributed by atoms with Gasteiger partial charge in [0.05, 0.1) is 0 Å². The predicted octanol–water partition coefficient (Wildman–Crippen LogP) is 3.68. The van der Waals surface area contributed by atoms with Crippen LogP contribution in [0.1, 0.15) is 28.3 Å². The van der Waals surface area contributed by atoms with E-state index in [2.05, 4.69) is 15.9 Å². The third-order valence-corrected chi connectivity index (χ3v) is 5.90. The second kappa shape index (κ2) is 7.43. The first-order chi connectivity index (χ1) is 13.0. The maximum Gasteiger partial charge on any atom is 0.253 e. The molecule has 27 heavy (non-hydrogen) atoms. The van der Waals surface area contributed by atoms with E-state index in [0.717, 1.165) is 16.5 Å². The Balaban J connectivity index is 1.31. The molecule has 1 saturated carbocycles. The van der Waals surface area contributed by atoms with Crippen molar-refractivity contribution in [3.05, 3.63) is 69.9 Å². The van der Waals surface area contributed by atoms with E-state index in [9.17, 15) is 14.0 Å². The van der Waals surface area contributed by atoms with Gasteiger partial charge in [-0.15, -0.1) is 0 Å². The summed E-state index contributed by atoms with van der Waals surface area (Å²) in [5, 5.41) is 0. The highest BCUT2D eigenvalue weighted by molar-refractivity contribution is 9.10. The molecule has 0 spiro atoms. The molecule has 6 heteroatoms. The van der Waals surface area contributed by atoms with E-state index in [1.54, 1.807) is 29.2 Å². The number of hydrogen-bond donors (Lipinski definition) is 0. The summed E-state index contributed by atoms with van der Waals surface area (Å²) in [6.07, 6.45) is 0.822. The van der Waals surface area contributed by atoms with Crippen molar-refractivity contribution >= 4 is 27.7 Å². The van der Waals surface area contributed by atoms with Crippen LogP contribution in [-0.2, 0) is 4.79 Å². The van der Waals surface area contributed by atoms with Crippen molar-refractivity contribution in [2.24, 2.45) is 5.92 Å². The maximum absolute atomic E-state index is 13.1. The monoisotopic (exact) mass is 430 g/mol. The van der Waals surface area contributed by atoms with Crippen LogP contribution in [0.5, 0.6) is 0 Å². The van der Waals surface area contributed by atoms with E-state index in [1.165, 1.54) is 12.1 Å². The van der Waals surface area contributed by atoms with Gasteiger partial charge in [0.15, 0.2) is 0 Å². The van der Waals surface area contributed by atoms with Crippen LogP contribution in [0.15, 0.2) is 53.0 Å². The molecule has 2 aromatic carbocycles. The summed E-state index contributed by atoms with van der Waals surface area (Å²) in [5.74, 6) is 0.0869. The number of hydrogen-bond acceptors (Lipinski definition) is 2. The fourth-order valence-corrected chi connectivity index (χ4v) is 3.95. The molecule has 2 amide bonds. The molecule has 2 fully saturated rings. The fraction of sp³-hybridized carbons (Fsp3) is 0.333. The second-order valence-electron chi connectivity index (χ2n) is 7.12. The molecule has 2 unspecified atom stereocenters. The van der Waals surface area contributed by atoms with Crippen LogP contribution < -0.4 is 0 Å². The Hall–Kier alpha value is -2.21. The Morgan fingerprint density at radius 1 is 0.889 bits per heavy atom. The summed E-state index contributed by atoms with van der Waals surface area (Å²) in [5.41, 5.74) is 1.69. The molecule has 1 heterocycles. The van der Waals surface area contributed by atoms with Gasteiger partial charge < -0.3 is 9.80 Å². The van der Waals surface area contributed by atoms with Gasteiger partial charge in [-0.2, -0.15) is 0 Å². The van der Waals surface area contributed by atoms with Crippen molar-refractivity contribution in [1.82, 2.24) is 9.80 Å². The zero-order chi connectivity index (χ0) is 19.0. The molecule has 4 rings (SSSR count). The largest absolute Gasteiger partial charge is 0.339 e. The lowest BCUT2D eigenvalue weighted by Crippen LogP contribution is -2.51. The molecule has 2 aromatic rings. The van der Waals surface area contributed by atoms with Crippen molar-refractivity contribution in [3.63, 3.8) is 0 Å². The van der Waals surface area contributed by atoms with Gasteiger partial charge in [0.1, 0.15) is 5.82 Å². The fourth-order valence-electron chi connectivity index (χ4n) is 3.69. The van der Waals surface area contributed by atoms with Crippen LogP contribution in [0.4, 0.5) is 4.39 Å². The molecule has 1 saturated heterocycles. The van der Waals surface area contributed by atoms with Gasteiger partial charge in [0.25, 0.3) is 5.91 Å². The third-order valence-electron chi connectivity index (χ3n) is 5.38. The Labute approximate surface area is 166 Å². The van der Waals surface area contributed by atoms with Crippen molar-refractivity contribution < 1.29 is 14.0 Å². The summed E-state index contributed by atoms with van der Waals surface area (Å²) >= 11 is 3.37. The van der Waals surface area contributed by atoms with Gasteiger partial charge >= 0.3 is 0 Å². The summed E-state index contributed by atoms with van der Waals surface area (Å²) in [6.45, 7) is 2.23. The standard InChI is InChI=1S/C21H20BrFN2O2/c22-16-5-1-15(2-6-16)20(26)24-9-11-25(12-10-24)21(27)19-13-18(19)14-3-7-17(23)8-4-14/h1-8,18-19H,9-13H2. The van der Waals surface area contributed by atoms with E-state index in [-0.39, 0.29) is 29.5 Å². The smallest absolute Gasteiger partial charge is 0.253 e. The highest BCUT2D eigenvalue weighted by Crippen LogP contribution is 2.48. The van der Waals surface area contributed by atoms with Gasteiger partial charge in [0, 0.05) is 42.1 Å². The number of amides is 2. The number of carbonyl (C=O) groups is 2. The van der Waals surface area contributed by atoms with E-state index >= 15 is 0 Å². The molecule has 0 bridgehead atoms. The lowest BCUT2D eigenvalue weighted by molar-refractivity contribution is -0.134. The molecule has 2 aliphatic rings. The molecule has 4 nitrogen and oxygen atoms in total. The maximum atomic E-state index is 13.1. The van der Waals surface area contributed by atoms with Crippen LogP contribution in [-0.4, -0.2) is 47.8 Å². The van der Waals surface area contributed by atoms with Gasteiger partial charge in [0.2, 0.25) is 5.91 Å². The average Bonchev–Trinajstić information content (AvgIpc) is 3.49. The Morgan fingerprint density at radius 3 is 2.11 bits per heavy atom. The average molecular weight is 431 g/mol. The predicted molar refractivity (Wildman–Crippen MR) is 104 cm³/mol. The van der Waals surface area contributed by atoms with Crippen molar-refractivity contribution in [1.29, 1.82) is 0 Å². The van der Waals surface area contributed by atoms with E-state index in [0.29, 0.717) is 31.7 Å². The third kappa shape index (κ3) is 3.90. The highest BCUT2D eigenvalue weighted by atomic mass is 79.9. The molecule has 0 radical (unpaired) electrons. The highest BCUT2D eigenvalue weighted by Gasteiger charge is 2.46. The Morgan fingerprint density at radius 2 is 1.48 bits per heavy atom. The molecular weight excluding hydrogens is 411 g/mol. The Bertz CT molecular complexity index is 845. The first-order valence-electron chi connectivity index (χ1n) is 9.12. The van der Waals surface area contributed by atoms with E-state index < -0.39 is 0 Å². The number of halogens is 2. The minimum atomic E-state index is -0.256. The SMILES string of the molecule is O=C(c1ccc(Br)cc1)N1CCN(C(=O)C2CC2c2ccc(F)cc2)CC1. The first-order valence-corrected chi connectivity index (χ1v) is 9.91. The quantitative estimate of drug-likeness (QED) is 0.744. The van der Waals surface area contributed by atoms with Crippen LogP contribution in [0, 0.1) is 11.7 Å². The number of carbonyl (C=O) groups excluding carboxylic acids is 2. The molecule has 0 N–H and O–H groups in total. The van der Waals surface area contributed by atoms with Gasteiger partial charge in [-0.1, -0.05) is 28.1 Å². The second-order valence-corrected chi connectivity index (χ2v) is 8.04. The van der Waals surface area contributed by atoms with Gasteiger partial charge in [-0.3, -0.25) is 9.59 Å². The zero-order valence-electron chi connectivity index (χ0n) is 14.8. The lowest BCUT2D eigenvalue weighted by Gasteiger charge is -2.35. The number of rotatable bonds is 3. The summed E-state index contributed by atoms with van der Waals surface area (Å²) in [6, 6.07) is 13.8. The molecule has 1 aliphatic heterocycles. The number of benzene rings is 2. The van der Waals surface area contributed by atoms with Crippen LogP contribution in [0.25, 0.3) is 0 Å². The van der Waals surface area contributed by atoms with Crippen molar-refractivity contribution in [3.8, 4) is 0 Å². The summed E-state index contributed by atoms with van der Waals surface area (Å²) in [7, 11) is 0. The number of nitrogens with zero attached hydrogens (tertiary/aromatic N) is 2. The normalized spacial score (nSPS) is 21.9. The van der Waals surface area contributed by atoms with E-state index in [4.69, 9.17) is 0 Å². The lowest BCUT2D eigenvalue weighted by atomic mass is 10.1. The minimum Gasteiger partial charge on any atom is -0.339 e. The topological polar surface area (TPSA) is 40.6 Å². The van der Waals surface area contributed by atoms with Crippen molar-refractivity contribution in [2.75, 3.05) is 26.2 Å².